The van der Waals surface area contributed by atoms with Crippen LogP contribution in [0.4, 0.5) is 19.0 Å². The predicted octanol–water partition coefficient (Wildman–Crippen LogP) is 2.82. The number of piperidine rings is 1. The van der Waals surface area contributed by atoms with Gasteiger partial charge in [-0.3, -0.25) is 19.7 Å². The van der Waals surface area contributed by atoms with Crippen LogP contribution in [0.25, 0.3) is 0 Å². The van der Waals surface area contributed by atoms with Crippen LogP contribution in [0.3, 0.4) is 0 Å². The Bertz CT molecular complexity index is 925. The van der Waals surface area contributed by atoms with Crippen LogP contribution in [0.15, 0.2) is 48.7 Å². The summed E-state index contributed by atoms with van der Waals surface area (Å²) < 4.78 is 42.9. The molecule has 0 saturated carbocycles. The molecule has 1 aliphatic heterocycles. The summed E-state index contributed by atoms with van der Waals surface area (Å²) in [6, 6.07) is 10.4. The minimum absolute atomic E-state index is 0.312. The van der Waals surface area contributed by atoms with Crippen molar-refractivity contribution in [2.75, 3.05) is 24.6 Å². The fourth-order valence-electron chi connectivity index (χ4n) is 3.16. The molecule has 1 N–H and O–H groups in total. The highest BCUT2D eigenvalue weighted by Gasteiger charge is 2.32. The van der Waals surface area contributed by atoms with Crippen LogP contribution in [-0.4, -0.2) is 42.5 Å². The summed E-state index contributed by atoms with van der Waals surface area (Å²) in [5, 5.41) is 2.15. The molecule has 0 unspecified atom stereocenters. The molecule has 0 spiro atoms. The number of imide groups is 1. The first-order valence-electron chi connectivity index (χ1n) is 9.58. The van der Waals surface area contributed by atoms with E-state index in [4.69, 9.17) is 4.74 Å². The van der Waals surface area contributed by atoms with Gasteiger partial charge in [0, 0.05) is 24.8 Å². The first-order chi connectivity index (χ1) is 14.7. The number of nitrogens with zero attached hydrogens (tertiary/aromatic N) is 2. The third kappa shape index (κ3) is 6.03. The van der Waals surface area contributed by atoms with Crippen molar-refractivity contribution in [2.24, 2.45) is 5.92 Å². The number of aromatic nitrogens is 1. The lowest BCUT2D eigenvalue weighted by atomic mass is 9.97. The van der Waals surface area contributed by atoms with Gasteiger partial charge in [-0.05, 0) is 37.1 Å². The Kier molecular flexibility index (Phi) is 6.88. The fourth-order valence-corrected chi connectivity index (χ4v) is 3.16. The van der Waals surface area contributed by atoms with E-state index in [9.17, 15) is 27.6 Å². The van der Waals surface area contributed by atoms with Gasteiger partial charge < -0.3 is 9.64 Å². The lowest BCUT2D eigenvalue weighted by Crippen LogP contribution is -2.39. The monoisotopic (exact) mass is 435 g/mol. The Morgan fingerprint density at radius 2 is 1.74 bits per heavy atom. The second-order valence-corrected chi connectivity index (χ2v) is 7.02. The zero-order chi connectivity index (χ0) is 22.4. The number of hydrogen-bond acceptors (Lipinski definition) is 6. The highest BCUT2D eigenvalue weighted by molar-refractivity contribution is 6.05. The number of esters is 1. The van der Waals surface area contributed by atoms with Crippen LogP contribution in [0.5, 0.6) is 0 Å². The van der Waals surface area contributed by atoms with Crippen LogP contribution in [0, 0.1) is 5.92 Å². The van der Waals surface area contributed by atoms with Gasteiger partial charge in [-0.1, -0.05) is 18.2 Å². The number of halogens is 3. The number of alkyl halides is 3. The van der Waals surface area contributed by atoms with E-state index >= 15 is 0 Å². The summed E-state index contributed by atoms with van der Waals surface area (Å²) in [7, 11) is 0. The number of hydrogen-bond donors (Lipinski definition) is 1. The number of benzene rings is 1. The molecule has 2 heterocycles. The Balaban J connectivity index is 1.43. The van der Waals surface area contributed by atoms with Gasteiger partial charge in [0.1, 0.15) is 5.82 Å². The summed E-state index contributed by atoms with van der Waals surface area (Å²) in [6.45, 7) is 0.256. The number of pyridine rings is 1. The van der Waals surface area contributed by atoms with Gasteiger partial charge >= 0.3 is 12.1 Å². The van der Waals surface area contributed by atoms with Gasteiger partial charge in [0.2, 0.25) is 0 Å². The number of anilines is 1. The highest BCUT2D eigenvalue weighted by atomic mass is 19.4. The van der Waals surface area contributed by atoms with Crippen molar-refractivity contribution < 1.29 is 32.3 Å². The van der Waals surface area contributed by atoms with E-state index in [1.54, 1.807) is 35.2 Å². The number of rotatable bonds is 5. The van der Waals surface area contributed by atoms with Crippen molar-refractivity contribution in [3.8, 4) is 0 Å². The maximum atomic E-state index is 12.6. The molecule has 1 aromatic carbocycles. The van der Waals surface area contributed by atoms with Crippen LogP contribution in [0.2, 0.25) is 0 Å². The van der Waals surface area contributed by atoms with Crippen LogP contribution in [-0.2, 0) is 20.5 Å². The number of amides is 2. The summed E-state index contributed by atoms with van der Waals surface area (Å²) in [5.41, 5.74) is -0.509. The van der Waals surface area contributed by atoms with E-state index in [1.807, 2.05) is 0 Å². The molecule has 164 valence electrons. The Labute approximate surface area is 176 Å². The van der Waals surface area contributed by atoms with E-state index in [2.05, 4.69) is 10.3 Å². The molecular weight excluding hydrogens is 415 g/mol. The average Bonchev–Trinajstić information content (AvgIpc) is 2.77. The molecule has 1 aliphatic rings. The summed E-state index contributed by atoms with van der Waals surface area (Å²) in [4.78, 5) is 41.6. The zero-order valence-corrected chi connectivity index (χ0v) is 16.4. The van der Waals surface area contributed by atoms with Crippen LogP contribution in [0.1, 0.15) is 28.8 Å². The lowest BCUT2D eigenvalue weighted by molar-refractivity contribution is -0.153. The number of carbonyl (C=O) groups excluding carboxylic acids is 3. The summed E-state index contributed by atoms with van der Waals surface area (Å²) in [6.07, 6.45) is -2.84. The molecule has 7 nitrogen and oxygen atoms in total. The minimum atomic E-state index is -4.44. The largest absolute Gasteiger partial charge is 0.455 e. The molecule has 0 aliphatic carbocycles. The minimum Gasteiger partial charge on any atom is -0.455 e. The molecule has 3 rings (SSSR count). The molecular formula is C21H20F3N3O4. The van der Waals surface area contributed by atoms with Gasteiger partial charge in [0.15, 0.2) is 6.61 Å². The second-order valence-electron chi connectivity index (χ2n) is 7.02. The number of ether oxygens (including phenoxy) is 1. The zero-order valence-electron chi connectivity index (χ0n) is 16.4. The van der Waals surface area contributed by atoms with Gasteiger partial charge in [0.25, 0.3) is 11.8 Å². The third-order valence-corrected chi connectivity index (χ3v) is 4.86. The summed E-state index contributed by atoms with van der Waals surface area (Å²) in [5.74, 6) is -1.91. The van der Waals surface area contributed by atoms with Crippen molar-refractivity contribution >= 4 is 23.6 Å². The smallest absolute Gasteiger partial charge is 0.417 e. The second kappa shape index (κ2) is 9.59. The lowest BCUT2D eigenvalue weighted by Gasteiger charge is -2.31. The third-order valence-electron chi connectivity index (χ3n) is 4.86. The van der Waals surface area contributed by atoms with E-state index in [1.165, 1.54) is 6.07 Å². The van der Waals surface area contributed by atoms with E-state index in [0.29, 0.717) is 37.3 Å². The van der Waals surface area contributed by atoms with E-state index in [-0.39, 0.29) is 0 Å². The number of carbonyl (C=O) groups is 3. The molecule has 2 aromatic rings. The standard InChI is InChI=1S/C21H20F3N3O4/c22-21(23,24)16-6-7-17(25-12-16)27-10-8-15(9-11-27)20(30)31-13-18(28)26-19(29)14-4-2-1-3-5-14/h1-7,12,15H,8-11,13H2,(H,26,28,29). The normalized spacial score (nSPS) is 14.7. The van der Waals surface area contributed by atoms with E-state index in [0.717, 1.165) is 12.3 Å². The van der Waals surface area contributed by atoms with E-state index < -0.39 is 42.0 Å². The Morgan fingerprint density at radius 3 is 2.32 bits per heavy atom. The van der Waals surface area contributed by atoms with Gasteiger partial charge in [-0.15, -0.1) is 0 Å². The Hall–Kier alpha value is -3.43. The van der Waals surface area contributed by atoms with Gasteiger partial charge in [-0.2, -0.15) is 13.2 Å². The van der Waals surface area contributed by atoms with Gasteiger partial charge in [-0.25, -0.2) is 4.98 Å². The fraction of sp³-hybridized carbons (Fsp3) is 0.333. The van der Waals surface area contributed by atoms with Crippen molar-refractivity contribution in [1.82, 2.24) is 10.3 Å². The SMILES string of the molecule is O=C(COC(=O)C1CCN(c2ccc(C(F)(F)F)cn2)CC1)NC(=O)c1ccccc1. The molecule has 1 saturated heterocycles. The first-order valence-corrected chi connectivity index (χ1v) is 9.58. The maximum absolute atomic E-state index is 12.6. The Morgan fingerprint density at radius 1 is 1.06 bits per heavy atom. The molecule has 1 fully saturated rings. The maximum Gasteiger partial charge on any atom is 0.417 e. The topological polar surface area (TPSA) is 88.6 Å². The molecule has 0 bridgehead atoms. The molecule has 1 aromatic heterocycles. The highest BCUT2D eigenvalue weighted by Crippen LogP contribution is 2.30. The quantitative estimate of drug-likeness (QED) is 0.727. The van der Waals surface area contributed by atoms with Crippen LogP contribution >= 0.6 is 0 Å². The van der Waals surface area contributed by atoms with Crippen molar-refractivity contribution in [3.63, 3.8) is 0 Å². The van der Waals surface area contributed by atoms with Crippen molar-refractivity contribution in [1.29, 1.82) is 0 Å². The average molecular weight is 435 g/mol. The van der Waals surface area contributed by atoms with Crippen molar-refractivity contribution in [2.45, 2.75) is 19.0 Å². The molecule has 31 heavy (non-hydrogen) atoms. The van der Waals surface area contributed by atoms with Crippen LogP contribution < -0.4 is 10.2 Å². The number of nitrogens with one attached hydrogen (secondary N) is 1. The molecule has 2 amide bonds. The first kappa shape index (κ1) is 22.3. The molecule has 0 atom stereocenters. The van der Waals surface area contributed by atoms with Crippen molar-refractivity contribution in [3.05, 3.63) is 59.8 Å². The summed E-state index contributed by atoms with van der Waals surface area (Å²) >= 11 is 0. The molecule has 0 radical (unpaired) electrons. The van der Waals surface area contributed by atoms with Gasteiger partial charge in [0.05, 0.1) is 11.5 Å². The predicted molar refractivity (Wildman–Crippen MR) is 104 cm³/mol. The molecule has 10 heteroatoms.